The molecule has 1 saturated carbocycles. The number of nitrogens with zero attached hydrogens (tertiary/aromatic N) is 16. The Hall–Kier alpha value is -12.6. The average molecular weight is 1640 g/mol. The van der Waals surface area contributed by atoms with Crippen LogP contribution in [0.3, 0.4) is 0 Å². The van der Waals surface area contributed by atoms with Crippen LogP contribution in [0.4, 0.5) is 92.1 Å². The SMILES string of the molecule is CC1(c2ccc(F)cn2)C(=O)Nc2nc(-c3cn4ncnc4c(CCC(F)(F)C(F)(F)F)n3)[nH]c(=O)c21.Cc1cc(C2(C)C(=O)Nc3nc(-c4cn5ncnc5c(CCC(F)(F)C(F)(F)F)n4)[nH]c(=O)c32)ccc1Cl.Cc1cc(C2(C3CC3)C(=O)Nc3nc(-c4cn5ncnc5c(CCC(F)(F)C(F)(F)F)n4)[nH]c(=O)c32)ccc1F. The quantitative estimate of drug-likeness (QED) is 0.0489. The van der Waals surface area contributed by atoms with Crippen molar-refractivity contribution < 1.29 is 89.0 Å². The molecule has 115 heavy (non-hydrogen) atoms. The minimum absolute atomic E-state index is 0.0331. The number of hydrogen-bond acceptors (Lipinski definition) is 19. The van der Waals surface area contributed by atoms with Gasteiger partial charge in [0.1, 0.15) is 81.4 Å². The maximum absolute atomic E-state index is 14.0. The Morgan fingerprint density at radius 2 is 0.843 bits per heavy atom. The zero-order valence-electron chi connectivity index (χ0n) is 58.8. The molecule has 0 spiro atoms. The molecule has 0 bridgehead atoms. The first kappa shape index (κ1) is 79.1. The molecule has 3 atom stereocenters. The minimum Gasteiger partial charge on any atom is -0.309 e. The van der Waals surface area contributed by atoms with Crippen LogP contribution in [0.15, 0.2) is 107 Å². The van der Waals surface area contributed by atoms with Gasteiger partial charge in [-0.1, -0.05) is 35.9 Å². The summed E-state index contributed by atoms with van der Waals surface area (Å²) in [5.74, 6) is -18.7. The number of carbonyl (C=O) groups is 3. The summed E-state index contributed by atoms with van der Waals surface area (Å²) in [7, 11) is 0. The summed E-state index contributed by atoms with van der Waals surface area (Å²) < 4.78 is 226. The van der Waals surface area contributed by atoms with Crippen LogP contribution in [0, 0.1) is 31.4 Å². The maximum atomic E-state index is 14.0. The van der Waals surface area contributed by atoms with E-state index in [-0.39, 0.29) is 114 Å². The third-order valence-electron chi connectivity index (χ3n) is 19.9. The molecule has 12 aromatic rings. The zero-order chi connectivity index (χ0) is 83.0. The van der Waals surface area contributed by atoms with Gasteiger partial charge in [-0.2, -0.15) is 81.2 Å². The van der Waals surface area contributed by atoms with Gasteiger partial charge < -0.3 is 30.9 Å². The highest BCUT2D eigenvalue weighted by molar-refractivity contribution is 6.31. The van der Waals surface area contributed by atoms with E-state index in [9.17, 15) is 103 Å². The number of benzene rings is 2. The van der Waals surface area contributed by atoms with Crippen molar-refractivity contribution in [2.24, 2.45) is 5.92 Å². The summed E-state index contributed by atoms with van der Waals surface area (Å²) in [6.45, 7) is 6.27. The van der Waals surface area contributed by atoms with Gasteiger partial charge in [0, 0.05) is 24.3 Å². The number of aromatic nitrogens is 19. The third-order valence-corrected chi connectivity index (χ3v) is 20.3. The second-order valence-electron chi connectivity index (χ2n) is 27.3. The highest BCUT2D eigenvalue weighted by Crippen LogP contribution is 2.56. The number of nitrogens with one attached hydrogen (secondary N) is 6. The van der Waals surface area contributed by atoms with Crippen molar-refractivity contribution in [1.82, 2.24) is 93.6 Å². The van der Waals surface area contributed by atoms with Crippen LogP contribution in [0.2, 0.25) is 5.02 Å². The smallest absolute Gasteiger partial charge is 0.309 e. The number of rotatable bonds is 16. The predicted octanol–water partition coefficient (Wildman–Crippen LogP) is 11.1. The Bertz CT molecular complexity index is 6180. The van der Waals surface area contributed by atoms with Gasteiger partial charge in [0.05, 0.1) is 64.3 Å². The van der Waals surface area contributed by atoms with Crippen LogP contribution in [0.1, 0.15) is 108 Å². The number of aryl methyl sites for hydroxylation is 5. The molecule has 6 N–H and O–H groups in total. The van der Waals surface area contributed by atoms with E-state index in [1.165, 1.54) is 49.8 Å². The van der Waals surface area contributed by atoms with E-state index in [1.54, 1.807) is 39.0 Å². The summed E-state index contributed by atoms with van der Waals surface area (Å²) in [6.07, 6.45) is -15.2. The van der Waals surface area contributed by atoms with Crippen molar-refractivity contribution in [3.05, 3.63) is 202 Å². The summed E-state index contributed by atoms with van der Waals surface area (Å²) in [6, 6.07) is 11.5. The van der Waals surface area contributed by atoms with Gasteiger partial charge in [-0.3, -0.25) is 33.8 Å². The van der Waals surface area contributed by atoms with Crippen molar-refractivity contribution in [3.8, 4) is 34.6 Å². The van der Waals surface area contributed by atoms with Gasteiger partial charge in [0.25, 0.3) is 16.7 Å². The average Bonchev–Trinajstić information content (AvgIpc) is 1.54. The topological polar surface area (TPSA) is 367 Å². The van der Waals surface area contributed by atoms with Crippen LogP contribution in [-0.4, -0.2) is 148 Å². The number of fused-ring (bicyclic) bond motifs is 6. The first-order valence-corrected chi connectivity index (χ1v) is 34.2. The molecule has 4 aliphatic rings. The molecule has 598 valence electrons. The molecule has 3 aliphatic heterocycles. The molecule has 1 fully saturated rings. The lowest BCUT2D eigenvalue weighted by molar-refractivity contribution is -0.284. The molecule has 2 aromatic carbocycles. The molecule has 3 unspecified atom stereocenters. The molecule has 10 aromatic heterocycles. The summed E-state index contributed by atoms with van der Waals surface area (Å²) in [5.41, 5.74) is -5.66. The van der Waals surface area contributed by atoms with Crippen molar-refractivity contribution in [3.63, 3.8) is 0 Å². The molecule has 28 nitrogen and oxygen atoms in total. The van der Waals surface area contributed by atoms with E-state index < -0.39 is 137 Å². The maximum Gasteiger partial charge on any atom is 0.453 e. The van der Waals surface area contributed by atoms with E-state index in [2.05, 4.69) is 96.0 Å². The zero-order valence-corrected chi connectivity index (χ0v) is 59.6. The van der Waals surface area contributed by atoms with Gasteiger partial charge in [-0.15, -0.1) is 0 Å². The number of halogens is 18. The van der Waals surface area contributed by atoms with E-state index in [0.29, 0.717) is 40.1 Å². The standard InChI is InChI=1S/C25H19F6N7O2.C23H17ClF5N7O2.C21H14F6N8O2/c1-11-8-13(4-5-14(11)26)24(12-2-3-12)17-19(37-22(24)40)35-18(36-21(17)39)16-9-38-20(32-10-33-38)15(34-16)6-7-23(27,28)25(29,30)31;1-10-7-11(3-4-12(10)24)21(2)15-17(35-20(21)38)33-16(34-19(15)37)14-8-36-18(30-9-31-36)13(32-14)5-6-22(25,26)23(27,28)29;1-19(12-3-2-9(22)6-28-12)13-15(34-18(19)37)32-14(33-17(13)36)11-7-35-16(29-8-30-35)10(31-11)4-5-20(23,24)21(25,26)27/h4-5,8-10,12H,2-3,6-7H2,1H3,(H2,35,36,37,39,40);3-4,7-9H,5-6H2,1-2H3,(H2,33,34,35,37,38);2-3,6-8H,4-5H2,1H3,(H2,32,33,34,36,37). The van der Waals surface area contributed by atoms with Gasteiger partial charge in [-0.25, -0.2) is 67.2 Å². The fourth-order valence-electron chi connectivity index (χ4n) is 13.6. The third kappa shape index (κ3) is 13.8. The minimum atomic E-state index is -5.74. The fourth-order valence-corrected chi connectivity index (χ4v) is 13.7. The summed E-state index contributed by atoms with van der Waals surface area (Å²) in [4.78, 5) is 128. The Kier molecular flexibility index (Phi) is 19.2. The van der Waals surface area contributed by atoms with E-state index in [1.807, 2.05) is 0 Å². The fraction of sp³-hybridized carbons (Fsp3) is 0.319. The van der Waals surface area contributed by atoms with Crippen LogP contribution in [0.5, 0.6) is 0 Å². The normalized spacial score (nSPS) is 18.2. The van der Waals surface area contributed by atoms with Gasteiger partial charge in [0.15, 0.2) is 34.4 Å². The molecular weight excluding hydrogens is 1590 g/mol. The number of aromatic amines is 3. The Balaban J connectivity index is 0.000000143. The number of amides is 3. The highest BCUT2D eigenvalue weighted by Gasteiger charge is 2.62. The molecular formula is C69H50ClF17N22O6. The first-order valence-electron chi connectivity index (χ1n) is 33.8. The predicted molar refractivity (Wildman–Crippen MR) is 366 cm³/mol. The monoisotopic (exact) mass is 1640 g/mol. The summed E-state index contributed by atoms with van der Waals surface area (Å²) >= 11 is 6.11. The Morgan fingerprint density at radius 3 is 1.23 bits per heavy atom. The van der Waals surface area contributed by atoms with E-state index in [4.69, 9.17) is 11.6 Å². The molecule has 3 amide bonds. The van der Waals surface area contributed by atoms with Crippen molar-refractivity contribution in [1.29, 1.82) is 0 Å². The second-order valence-corrected chi connectivity index (χ2v) is 27.7. The lowest BCUT2D eigenvalue weighted by Crippen LogP contribution is -2.41. The van der Waals surface area contributed by atoms with Crippen LogP contribution in [-0.2, 0) is 49.9 Å². The largest absolute Gasteiger partial charge is 0.453 e. The lowest BCUT2D eigenvalue weighted by atomic mass is 9.71. The van der Waals surface area contributed by atoms with Gasteiger partial charge in [-0.05, 0) is 112 Å². The van der Waals surface area contributed by atoms with Crippen LogP contribution >= 0.6 is 11.6 Å². The number of H-pyrrole nitrogens is 3. The number of hydrogen-bond donors (Lipinski definition) is 6. The van der Waals surface area contributed by atoms with Gasteiger partial charge in [0.2, 0.25) is 17.7 Å². The molecule has 16 rings (SSSR count). The molecule has 46 heteroatoms. The van der Waals surface area contributed by atoms with Gasteiger partial charge >= 0.3 is 36.3 Å². The molecule has 0 saturated heterocycles. The van der Waals surface area contributed by atoms with Crippen molar-refractivity contribution in [2.45, 2.75) is 132 Å². The molecule has 0 radical (unpaired) electrons. The lowest BCUT2D eigenvalue weighted by Gasteiger charge is -2.27. The van der Waals surface area contributed by atoms with E-state index >= 15 is 0 Å². The van der Waals surface area contributed by atoms with E-state index in [0.717, 1.165) is 44.8 Å². The first-order chi connectivity index (χ1) is 53.9. The Morgan fingerprint density at radius 1 is 0.461 bits per heavy atom. The number of pyridine rings is 1. The van der Waals surface area contributed by atoms with Crippen molar-refractivity contribution >= 4 is 63.7 Å². The Labute approximate surface area is 634 Å². The van der Waals surface area contributed by atoms with Crippen molar-refractivity contribution in [2.75, 3.05) is 16.0 Å². The highest BCUT2D eigenvalue weighted by atomic mass is 35.5. The molecule has 13 heterocycles. The van der Waals surface area contributed by atoms with Crippen LogP contribution in [0.25, 0.3) is 51.5 Å². The van der Waals surface area contributed by atoms with Crippen LogP contribution < -0.4 is 32.6 Å². The number of anilines is 3. The summed E-state index contributed by atoms with van der Waals surface area (Å²) in [5, 5.41) is 19.9. The number of carbonyl (C=O) groups excluding carboxylic acids is 3. The molecule has 1 aliphatic carbocycles. The number of alkyl halides is 15. The second kappa shape index (κ2) is 27.9.